The topological polar surface area (TPSA) is 79.8 Å². The van der Waals surface area contributed by atoms with Gasteiger partial charge in [0.05, 0.1) is 0 Å². The molecule has 0 unspecified atom stereocenters. The fourth-order valence-corrected chi connectivity index (χ4v) is 2.69. The van der Waals surface area contributed by atoms with Crippen LogP contribution in [0.15, 0.2) is 48.1 Å². The molecule has 2 heterocycles. The van der Waals surface area contributed by atoms with Crippen molar-refractivity contribution in [3.63, 3.8) is 0 Å². The quantitative estimate of drug-likeness (QED) is 0.742. The maximum atomic E-state index is 12.1. The Morgan fingerprint density at radius 2 is 1.96 bits per heavy atom. The average Bonchev–Trinajstić information content (AvgIpc) is 3.03. The lowest BCUT2D eigenvalue weighted by molar-refractivity contribution is 0.0946. The van der Waals surface area contributed by atoms with Gasteiger partial charge in [-0.25, -0.2) is 15.0 Å². The Morgan fingerprint density at radius 3 is 2.74 bits per heavy atom. The van der Waals surface area contributed by atoms with Gasteiger partial charge in [0.1, 0.15) is 5.69 Å². The second-order valence-electron chi connectivity index (χ2n) is 4.51. The molecular weight excluding hydrogens is 334 g/mol. The third kappa shape index (κ3) is 4.02. The Labute approximate surface area is 141 Å². The Hall–Kier alpha value is -2.51. The number of aromatic nitrogens is 3. The van der Waals surface area contributed by atoms with Crippen LogP contribution >= 0.6 is 22.9 Å². The predicted molar refractivity (Wildman–Crippen MR) is 90.1 cm³/mol. The Bertz CT molecular complexity index is 808. The van der Waals surface area contributed by atoms with Gasteiger partial charge in [-0.05, 0) is 17.7 Å². The van der Waals surface area contributed by atoms with E-state index >= 15 is 0 Å². The van der Waals surface area contributed by atoms with Gasteiger partial charge in [0, 0.05) is 29.3 Å². The number of amides is 1. The average molecular weight is 346 g/mol. The van der Waals surface area contributed by atoms with E-state index in [0.717, 1.165) is 5.56 Å². The van der Waals surface area contributed by atoms with E-state index in [1.807, 2.05) is 18.2 Å². The summed E-state index contributed by atoms with van der Waals surface area (Å²) in [5.74, 6) is 0.174. The molecule has 2 aromatic heterocycles. The monoisotopic (exact) mass is 345 g/mol. The van der Waals surface area contributed by atoms with Crippen LogP contribution in [0.3, 0.4) is 0 Å². The fourth-order valence-electron chi connectivity index (χ4n) is 1.80. The van der Waals surface area contributed by atoms with E-state index < -0.39 is 0 Å². The van der Waals surface area contributed by atoms with Crippen molar-refractivity contribution in [3.8, 4) is 0 Å². The largest absolute Gasteiger partial charge is 0.347 e. The molecule has 0 saturated carbocycles. The molecule has 0 radical (unpaired) electrons. The summed E-state index contributed by atoms with van der Waals surface area (Å²) in [5, 5.41) is 8.59. The Kier molecular flexibility index (Phi) is 4.80. The lowest BCUT2D eigenvalue weighted by Crippen LogP contribution is -2.23. The van der Waals surface area contributed by atoms with E-state index in [0.29, 0.717) is 28.3 Å². The number of hydrogen-bond donors (Lipinski definition) is 2. The van der Waals surface area contributed by atoms with Crippen LogP contribution < -0.4 is 10.6 Å². The molecule has 0 bridgehead atoms. The first kappa shape index (κ1) is 15.4. The molecule has 0 spiro atoms. The number of nitrogens with one attached hydrogen (secondary N) is 2. The lowest BCUT2D eigenvalue weighted by Gasteiger charge is -2.05. The van der Waals surface area contributed by atoms with Gasteiger partial charge in [0.15, 0.2) is 5.13 Å². The third-order valence-corrected chi connectivity index (χ3v) is 4.05. The molecule has 0 aliphatic heterocycles. The SMILES string of the molecule is O=C(NCc1ccccc1Cl)c1csc(Nc2ncccn2)n1. The van der Waals surface area contributed by atoms with E-state index in [-0.39, 0.29) is 5.91 Å². The van der Waals surface area contributed by atoms with Gasteiger partial charge < -0.3 is 10.6 Å². The molecule has 23 heavy (non-hydrogen) atoms. The number of nitrogens with zero attached hydrogens (tertiary/aromatic N) is 3. The summed E-state index contributed by atoms with van der Waals surface area (Å²) in [5.41, 5.74) is 1.19. The Balaban J connectivity index is 1.61. The van der Waals surface area contributed by atoms with Crippen LogP contribution in [0.5, 0.6) is 0 Å². The first-order valence-corrected chi connectivity index (χ1v) is 7.99. The van der Waals surface area contributed by atoms with Crippen LogP contribution in [0.1, 0.15) is 16.1 Å². The molecule has 2 N–H and O–H groups in total. The molecule has 3 aromatic rings. The van der Waals surface area contributed by atoms with Crippen LogP contribution in [0.2, 0.25) is 5.02 Å². The molecular formula is C15H12ClN5OS. The maximum Gasteiger partial charge on any atom is 0.271 e. The van der Waals surface area contributed by atoms with Crippen molar-refractivity contribution in [1.82, 2.24) is 20.3 Å². The zero-order chi connectivity index (χ0) is 16.1. The van der Waals surface area contributed by atoms with Crippen LogP contribution in [0.25, 0.3) is 0 Å². The molecule has 0 aliphatic carbocycles. The number of halogens is 1. The smallest absolute Gasteiger partial charge is 0.271 e. The minimum absolute atomic E-state index is 0.261. The minimum atomic E-state index is -0.261. The molecule has 8 heteroatoms. The number of anilines is 2. The second-order valence-corrected chi connectivity index (χ2v) is 5.77. The molecule has 3 rings (SSSR count). The molecule has 116 valence electrons. The van der Waals surface area contributed by atoms with Crippen LogP contribution in [0.4, 0.5) is 11.1 Å². The van der Waals surface area contributed by atoms with Crippen molar-refractivity contribution in [1.29, 1.82) is 0 Å². The van der Waals surface area contributed by atoms with Crippen molar-refractivity contribution in [2.24, 2.45) is 0 Å². The summed E-state index contributed by atoms with van der Waals surface area (Å²) in [6.45, 7) is 0.348. The lowest BCUT2D eigenvalue weighted by atomic mass is 10.2. The van der Waals surface area contributed by atoms with E-state index in [1.165, 1.54) is 11.3 Å². The van der Waals surface area contributed by atoms with E-state index in [4.69, 9.17) is 11.6 Å². The zero-order valence-electron chi connectivity index (χ0n) is 11.9. The van der Waals surface area contributed by atoms with Crippen molar-refractivity contribution in [3.05, 3.63) is 64.4 Å². The van der Waals surface area contributed by atoms with Gasteiger partial charge in [-0.3, -0.25) is 4.79 Å². The predicted octanol–water partition coefficient (Wildman–Crippen LogP) is 3.26. The highest BCUT2D eigenvalue weighted by atomic mass is 35.5. The highest BCUT2D eigenvalue weighted by molar-refractivity contribution is 7.14. The van der Waals surface area contributed by atoms with Crippen molar-refractivity contribution in [2.75, 3.05) is 5.32 Å². The highest BCUT2D eigenvalue weighted by Crippen LogP contribution is 2.19. The normalized spacial score (nSPS) is 10.3. The van der Waals surface area contributed by atoms with E-state index in [2.05, 4.69) is 25.6 Å². The summed E-state index contributed by atoms with van der Waals surface area (Å²) in [4.78, 5) is 24.4. The first-order valence-electron chi connectivity index (χ1n) is 6.73. The number of hydrogen-bond acceptors (Lipinski definition) is 6. The summed E-state index contributed by atoms with van der Waals surface area (Å²) in [7, 11) is 0. The Morgan fingerprint density at radius 1 is 1.17 bits per heavy atom. The van der Waals surface area contributed by atoms with Crippen LogP contribution in [0, 0.1) is 0 Å². The zero-order valence-corrected chi connectivity index (χ0v) is 13.4. The van der Waals surface area contributed by atoms with Gasteiger partial charge in [-0.1, -0.05) is 29.8 Å². The number of benzene rings is 1. The summed E-state index contributed by atoms with van der Waals surface area (Å²) in [6, 6.07) is 9.09. The molecule has 1 amide bonds. The summed E-state index contributed by atoms with van der Waals surface area (Å²) < 4.78 is 0. The van der Waals surface area contributed by atoms with Crippen LogP contribution in [-0.2, 0) is 6.54 Å². The van der Waals surface area contributed by atoms with Crippen molar-refractivity contribution < 1.29 is 4.79 Å². The maximum absolute atomic E-state index is 12.1. The standard InChI is InChI=1S/C15H12ClN5OS/c16-11-5-2-1-4-10(11)8-19-13(22)12-9-23-15(20-12)21-14-17-6-3-7-18-14/h1-7,9H,8H2,(H,19,22)(H,17,18,20,21). The number of carbonyl (C=O) groups excluding carboxylic acids is 1. The summed E-state index contributed by atoms with van der Waals surface area (Å²) >= 11 is 7.37. The summed E-state index contributed by atoms with van der Waals surface area (Å²) in [6.07, 6.45) is 3.25. The van der Waals surface area contributed by atoms with Crippen molar-refractivity contribution in [2.45, 2.75) is 6.54 Å². The van der Waals surface area contributed by atoms with E-state index in [9.17, 15) is 4.79 Å². The van der Waals surface area contributed by atoms with Gasteiger partial charge in [0.2, 0.25) is 5.95 Å². The highest BCUT2D eigenvalue weighted by Gasteiger charge is 2.11. The van der Waals surface area contributed by atoms with Gasteiger partial charge in [-0.2, -0.15) is 0 Å². The molecule has 6 nitrogen and oxygen atoms in total. The minimum Gasteiger partial charge on any atom is -0.347 e. The third-order valence-electron chi connectivity index (χ3n) is 2.92. The molecule has 1 aromatic carbocycles. The fraction of sp³-hybridized carbons (Fsp3) is 0.0667. The van der Waals surface area contributed by atoms with Gasteiger partial charge in [0.25, 0.3) is 5.91 Å². The van der Waals surface area contributed by atoms with Gasteiger partial charge >= 0.3 is 0 Å². The first-order chi connectivity index (χ1) is 11.2. The van der Waals surface area contributed by atoms with E-state index in [1.54, 1.807) is 29.9 Å². The number of carbonyl (C=O) groups is 1. The second kappa shape index (κ2) is 7.17. The molecule has 0 aliphatic rings. The van der Waals surface area contributed by atoms with Gasteiger partial charge in [-0.15, -0.1) is 11.3 Å². The number of thiazole rings is 1. The molecule has 0 saturated heterocycles. The van der Waals surface area contributed by atoms with Crippen LogP contribution in [-0.4, -0.2) is 20.9 Å². The number of rotatable bonds is 5. The molecule has 0 fully saturated rings. The van der Waals surface area contributed by atoms with Crippen molar-refractivity contribution >= 4 is 39.9 Å². The molecule has 0 atom stereocenters.